The molecule has 1 heterocycles. The Bertz CT molecular complexity index is 1110. The van der Waals surface area contributed by atoms with Crippen LogP contribution in [-0.4, -0.2) is 107 Å². The van der Waals surface area contributed by atoms with Gasteiger partial charge in [0.05, 0.1) is 25.4 Å². The molecule has 1 fully saturated rings. The van der Waals surface area contributed by atoms with E-state index in [0.717, 1.165) is 64.2 Å². The SMILES string of the molecule is CCCCCC/C=C\CCCCCCCCC(O)C(=O)NC(COC1OC(CO)C(O)C(OS(=O)(=O)O)C1O)C(O)/C=C/CCCCCCCCCCCC. The highest BCUT2D eigenvalue weighted by Gasteiger charge is 2.48. The number of unbranched alkanes of at least 4 members (excludes halogenated alkanes) is 20. The molecule has 0 radical (unpaired) electrons. The Morgan fingerprint density at radius 3 is 1.71 bits per heavy atom. The van der Waals surface area contributed by atoms with E-state index in [9.17, 15) is 38.7 Å². The number of hydrogen-bond acceptors (Lipinski definition) is 11. The van der Waals surface area contributed by atoms with E-state index in [1.165, 1.54) is 76.7 Å². The van der Waals surface area contributed by atoms with Crippen molar-refractivity contribution in [3.05, 3.63) is 24.3 Å². The van der Waals surface area contributed by atoms with Crippen molar-refractivity contribution in [3.8, 4) is 0 Å². The molecule has 14 heteroatoms. The van der Waals surface area contributed by atoms with Gasteiger partial charge in [0.15, 0.2) is 6.29 Å². The predicted octanol–water partition coefficient (Wildman–Crippen LogP) is 6.35. The van der Waals surface area contributed by atoms with Crippen molar-refractivity contribution >= 4 is 16.3 Å². The minimum atomic E-state index is -5.11. The molecule has 0 saturated carbocycles. The summed E-state index contributed by atoms with van der Waals surface area (Å²) < 4.78 is 47.3. The van der Waals surface area contributed by atoms with Crippen LogP contribution in [0.1, 0.15) is 168 Å². The van der Waals surface area contributed by atoms with Crippen LogP contribution in [0.5, 0.6) is 0 Å². The van der Waals surface area contributed by atoms with E-state index in [0.29, 0.717) is 12.8 Å². The van der Waals surface area contributed by atoms with Gasteiger partial charge < -0.3 is 40.3 Å². The van der Waals surface area contributed by atoms with Gasteiger partial charge in [-0.15, -0.1) is 0 Å². The van der Waals surface area contributed by atoms with E-state index < -0.39 is 78.5 Å². The van der Waals surface area contributed by atoms with Crippen LogP contribution in [0.25, 0.3) is 0 Å². The molecule has 8 unspecified atom stereocenters. The van der Waals surface area contributed by atoms with Crippen molar-refractivity contribution in [2.45, 2.75) is 217 Å². The van der Waals surface area contributed by atoms with Crippen LogP contribution in [0.15, 0.2) is 24.3 Å². The molecule has 1 aliphatic rings. The summed E-state index contributed by atoms with van der Waals surface area (Å²) >= 11 is 0. The van der Waals surface area contributed by atoms with Crippen LogP contribution >= 0.6 is 0 Å². The maximum absolute atomic E-state index is 13.0. The van der Waals surface area contributed by atoms with Crippen molar-refractivity contribution in [1.82, 2.24) is 5.32 Å². The lowest BCUT2D eigenvalue weighted by Gasteiger charge is -2.41. The van der Waals surface area contributed by atoms with Gasteiger partial charge in [0.1, 0.15) is 30.5 Å². The molecule has 1 amide bonds. The molecular weight excluding hydrogens is 731 g/mol. The summed E-state index contributed by atoms with van der Waals surface area (Å²) in [5, 5.41) is 55.0. The van der Waals surface area contributed by atoms with Gasteiger partial charge in [0.25, 0.3) is 0 Å². The fourth-order valence-electron chi connectivity index (χ4n) is 6.63. The van der Waals surface area contributed by atoms with Gasteiger partial charge in [-0.1, -0.05) is 147 Å². The number of rotatable bonds is 35. The molecule has 1 rings (SSSR count). The van der Waals surface area contributed by atoms with Gasteiger partial charge in [-0.2, -0.15) is 8.42 Å². The Morgan fingerprint density at radius 1 is 0.727 bits per heavy atom. The Kier molecular flexibility index (Phi) is 30.5. The highest BCUT2D eigenvalue weighted by atomic mass is 32.3. The number of allylic oxidation sites excluding steroid dienone is 3. The second kappa shape index (κ2) is 32.5. The number of ether oxygens (including phenoxy) is 2. The van der Waals surface area contributed by atoms with E-state index in [1.54, 1.807) is 0 Å². The molecule has 7 N–H and O–H groups in total. The third-order valence-corrected chi connectivity index (χ3v) is 10.5. The Hall–Kier alpha value is -1.46. The van der Waals surface area contributed by atoms with E-state index in [1.807, 2.05) is 6.08 Å². The van der Waals surface area contributed by atoms with Crippen LogP contribution in [0.4, 0.5) is 0 Å². The third-order valence-electron chi connectivity index (χ3n) is 10.1. The van der Waals surface area contributed by atoms with Gasteiger partial charge in [-0.25, -0.2) is 4.18 Å². The number of carbonyl (C=O) groups excluding carboxylic acids is 1. The van der Waals surface area contributed by atoms with E-state index in [4.69, 9.17) is 14.0 Å². The third kappa shape index (κ3) is 25.5. The van der Waals surface area contributed by atoms with Crippen LogP contribution in [-0.2, 0) is 28.9 Å². The molecular formula is C41H77NO12S. The average Bonchev–Trinajstić information content (AvgIpc) is 3.15. The molecule has 13 nitrogen and oxygen atoms in total. The molecule has 0 aromatic rings. The quantitative estimate of drug-likeness (QED) is 0.0212. The standard InChI is InChI=1S/C41H77NO12S/c1-3-5-7-9-11-13-15-17-18-20-22-24-26-28-30-35(45)40(48)42-33(34(44)29-27-25-23-21-19-16-14-12-10-8-6-4-2)32-52-41-38(47)39(54-55(49,50)51)37(46)36(31-43)53-41/h13,15,27,29,33-39,41,43-47H,3-12,14,16-26,28,30-32H2,1-2H3,(H,42,48)(H,49,50,51)/b15-13-,29-27+. The monoisotopic (exact) mass is 808 g/mol. The van der Waals surface area contributed by atoms with Crippen molar-refractivity contribution < 1.29 is 57.0 Å². The van der Waals surface area contributed by atoms with Gasteiger partial charge in [0, 0.05) is 0 Å². The largest absolute Gasteiger partial charge is 0.397 e. The summed E-state index contributed by atoms with van der Waals surface area (Å²) in [6.45, 7) is 3.16. The summed E-state index contributed by atoms with van der Waals surface area (Å²) in [6, 6.07) is -1.12. The van der Waals surface area contributed by atoms with Crippen LogP contribution in [0, 0.1) is 0 Å². The maximum Gasteiger partial charge on any atom is 0.397 e. The number of aliphatic hydroxyl groups is 5. The summed E-state index contributed by atoms with van der Waals surface area (Å²) in [5.41, 5.74) is 0. The number of amides is 1. The van der Waals surface area contributed by atoms with Gasteiger partial charge in [-0.3, -0.25) is 9.35 Å². The van der Waals surface area contributed by atoms with Crippen molar-refractivity contribution in [2.24, 2.45) is 0 Å². The van der Waals surface area contributed by atoms with Crippen molar-refractivity contribution in [1.29, 1.82) is 0 Å². The van der Waals surface area contributed by atoms with Crippen LogP contribution in [0.3, 0.4) is 0 Å². The molecule has 55 heavy (non-hydrogen) atoms. The smallest absolute Gasteiger partial charge is 0.394 e. The molecule has 324 valence electrons. The summed E-state index contributed by atoms with van der Waals surface area (Å²) in [6.07, 6.45) is 22.7. The Labute approximate surface area is 332 Å². The van der Waals surface area contributed by atoms with Gasteiger partial charge in [-0.05, 0) is 44.9 Å². The predicted molar refractivity (Wildman–Crippen MR) is 215 cm³/mol. The van der Waals surface area contributed by atoms with Crippen LogP contribution < -0.4 is 5.32 Å². The zero-order chi connectivity index (χ0) is 40.7. The van der Waals surface area contributed by atoms with Crippen molar-refractivity contribution in [2.75, 3.05) is 13.2 Å². The summed E-state index contributed by atoms with van der Waals surface area (Å²) in [5.74, 6) is -0.710. The minimum Gasteiger partial charge on any atom is -0.394 e. The van der Waals surface area contributed by atoms with Gasteiger partial charge >= 0.3 is 10.4 Å². The Balaban J connectivity index is 2.65. The van der Waals surface area contributed by atoms with Gasteiger partial charge in [0.2, 0.25) is 5.91 Å². The molecule has 0 bridgehead atoms. The first-order valence-corrected chi connectivity index (χ1v) is 22.7. The summed E-state index contributed by atoms with van der Waals surface area (Å²) in [7, 11) is -5.11. The first kappa shape index (κ1) is 51.6. The number of hydrogen-bond donors (Lipinski definition) is 7. The molecule has 0 aromatic heterocycles. The number of aliphatic hydroxyl groups excluding tert-OH is 5. The van der Waals surface area contributed by atoms with Crippen LogP contribution in [0.2, 0.25) is 0 Å². The molecule has 0 aromatic carbocycles. The topological polar surface area (TPSA) is 212 Å². The van der Waals surface area contributed by atoms with E-state index in [2.05, 4.69) is 35.5 Å². The zero-order valence-corrected chi connectivity index (χ0v) is 34.7. The fourth-order valence-corrected chi connectivity index (χ4v) is 7.14. The lowest BCUT2D eigenvalue weighted by Crippen LogP contribution is -2.61. The second-order valence-electron chi connectivity index (χ2n) is 15.1. The molecule has 0 spiro atoms. The molecule has 1 saturated heterocycles. The average molecular weight is 808 g/mol. The number of carbonyl (C=O) groups is 1. The lowest BCUT2D eigenvalue weighted by molar-refractivity contribution is -0.298. The Morgan fingerprint density at radius 2 is 1.20 bits per heavy atom. The van der Waals surface area contributed by atoms with Crippen molar-refractivity contribution in [3.63, 3.8) is 0 Å². The fraction of sp³-hybridized carbons (Fsp3) is 0.878. The molecule has 1 aliphatic heterocycles. The van der Waals surface area contributed by atoms with E-state index >= 15 is 0 Å². The maximum atomic E-state index is 13.0. The second-order valence-corrected chi connectivity index (χ2v) is 16.1. The van der Waals surface area contributed by atoms with E-state index in [-0.39, 0.29) is 6.42 Å². The highest BCUT2D eigenvalue weighted by molar-refractivity contribution is 7.80. The lowest BCUT2D eigenvalue weighted by atomic mass is 9.99. The highest BCUT2D eigenvalue weighted by Crippen LogP contribution is 2.26. The summed E-state index contributed by atoms with van der Waals surface area (Å²) in [4.78, 5) is 13.0. The first-order valence-electron chi connectivity index (χ1n) is 21.3. The number of nitrogens with one attached hydrogen (secondary N) is 1. The normalized spacial score (nSPS) is 22.4. The first-order chi connectivity index (χ1) is 26.4. The molecule has 8 atom stereocenters. The zero-order valence-electron chi connectivity index (χ0n) is 33.9. The minimum absolute atomic E-state index is 0.236. The molecule has 0 aliphatic carbocycles.